The Hall–Kier alpha value is -7.18. The number of hydrogen-bond acceptors (Lipinski definition) is 10. The Bertz CT molecular complexity index is 2950. The molecule has 0 aromatic heterocycles. The van der Waals surface area contributed by atoms with E-state index in [9.17, 15) is 28.8 Å². The van der Waals surface area contributed by atoms with E-state index < -0.39 is 11.8 Å². The molecular formula is C60H64Cl2N6O10. The van der Waals surface area contributed by atoms with Gasteiger partial charge >= 0.3 is 0 Å². The van der Waals surface area contributed by atoms with Gasteiger partial charge in [-0.2, -0.15) is 0 Å². The molecule has 6 aromatic carbocycles. The van der Waals surface area contributed by atoms with Gasteiger partial charge in [-0.25, -0.2) is 0 Å². The highest BCUT2D eigenvalue weighted by Crippen LogP contribution is 2.32. The highest BCUT2D eigenvalue weighted by molar-refractivity contribution is 6.30. The van der Waals surface area contributed by atoms with E-state index in [1.54, 1.807) is 121 Å². The molecule has 2 aliphatic heterocycles. The van der Waals surface area contributed by atoms with Gasteiger partial charge in [0.1, 0.15) is 0 Å². The van der Waals surface area contributed by atoms with E-state index in [4.69, 9.17) is 42.1 Å². The van der Waals surface area contributed by atoms with Gasteiger partial charge in [0.05, 0.1) is 48.7 Å². The van der Waals surface area contributed by atoms with Crippen molar-refractivity contribution in [1.29, 1.82) is 0 Å². The van der Waals surface area contributed by atoms with Crippen molar-refractivity contribution in [3.05, 3.63) is 186 Å². The summed E-state index contributed by atoms with van der Waals surface area (Å²) in [5, 5.41) is 8.70. The van der Waals surface area contributed by atoms with Crippen molar-refractivity contribution in [2.75, 3.05) is 94.1 Å². The standard InChI is InChI=1S/C60H64Cl2N6O10/c1-75-25-21-65(22-26-76-2)59(73)53-33-47-37-67(35-45(47)31-51(53)55(69)63-19-17-39-5-13-49(61)14-6-39)57(71)43-11-9-42-30-44(12-10-41(42)29-43)58(72)68-36-46-32-52(56(70)64-20-18-40-7-15-50(62)16-8-40)54(34-48(46)38-68)60(74)66(23-27-77-3)24-28-78-4/h5-16,29-34H,17-28,35-38H2,1-4H3,(H,63,69)(H,64,70). The summed E-state index contributed by atoms with van der Waals surface area (Å²) >= 11 is 12.1. The van der Waals surface area contributed by atoms with Crippen molar-refractivity contribution in [2.24, 2.45) is 0 Å². The number of rotatable bonds is 24. The van der Waals surface area contributed by atoms with Gasteiger partial charge in [0.25, 0.3) is 35.4 Å². The molecule has 2 aliphatic rings. The number of carbonyl (C=O) groups excluding carboxylic acids is 6. The topological polar surface area (TPSA) is 176 Å². The minimum atomic E-state index is -0.406. The Kier molecular flexibility index (Phi) is 19.7. The van der Waals surface area contributed by atoms with Crippen LogP contribution in [0.4, 0.5) is 0 Å². The molecule has 78 heavy (non-hydrogen) atoms. The van der Waals surface area contributed by atoms with Crippen LogP contribution >= 0.6 is 23.2 Å². The SMILES string of the molecule is COCCN(CCOC)C(=O)c1cc2c(cc1C(=O)NCCc1ccc(Cl)cc1)CN(C(=O)c1ccc3cc(C(=O)N4Cc5cc(C(=O)NCCc6ccc(Cl)cc6)c(C(=O)N(CCOC)CCOC)cc5C4)ccc3c1)C2. The Labute approximate surface area is 464 Å². The highest BCUT2D eigenvalue weighted by atomic mass is 35.5. The molecule has 0 spiro atoms. The number of benzene rings is 6. The number of hydrogen-bond donors (Lipinski definition) is 2. The minimum Gasteiger partial charge on any atom is -0.383 e. The zero-order valence-electron chi connectivity index (χ0n) is 44.3. The van der Waals surface area contributed by atoms with Crippen LogP contribution in [0.1, 0.15) is 95.5 Å². The maximum atomic E-state index is 14.3. The van der Waals surface area contributed by atoms with E-state index in [1.165, 1.54) is 0 Å². The summed E-state index contributed by atoms with van der Waals surface area (Å²) in [4.78, 5) is 91.6. The van der Waals surface area contributed by atoms with Gasteiger partial charge in [-0.3, -0.25) is 28.8 Å². The van der Waals surface area contributed by atoms with Gasteiger partial charge < -0.3 is 49.2 Å². The lowest BCUT2D eigenvalue weighted by molar-refractivity contribution is 0.0620. The van der Waals surface area contributed by atoms with E-state index >= 15 is 0 Å². The van der Waals surface area contributed by atoms with E-state index in [0.717, 1.165) is 44.2 Å². The van der Waals surface area contributed by atoms with Crippen molar-refractivity contribution in [3.63, 3.8) is 0 Å². The molecule has 0 radical (unpaired) electrons. The summed E-state index contributed by atoms with van der Waals surface area (Å²) in [7, 11) is 6.23. The van der Waals surface area contributed by atoms with Crippen molar-refractivity contribution in [1.82, 2.24) is 30.2 Å². The molecule has 8 rings (SSSR count). The van der Waals surface area contributed by atoms with Crippen molar-refractivity contribution in [3.8, 4) is 0 Å². The normalized spacial score (nSPS) is 12.6. The summed E-state index contributed by atoms with van der Waals surface area (Å²) in [5.74, 6) is -1.98. The van der Waals surface area contributed by atoms with Crippen molar-refractivity contribution < 1.29 is 47.7 Å². The fourth-order valence-corrected chi connectivity index (χ4v) is 9.96. The second-order valence-corrected chi connectivity index (χ2v) is 20.1. The van der Waals surface area contributed by atoms with Crippen LogP contribution in [0.5, 0.6) is 0 Å². The van der Waals surface area contributed by atoms with Gasteiger partial charge in [-0.15, -0.1) is 0 Å². The van der Waals surface area contributed by atoms with Crippen molar-refractivity contribution in [2.45, 2.75) is 39.0 Å². The first-order valence-corrected chi connectivity index (χ1v) is 26.6. The van der Waals surface area contributed by atoms with Gasteiger partial charge in [0.2, 0.25) is 0 Å². The molecule has 16 nitrogen and oxygen atoms in total. The molecule has 18 heteroatoms. The van der Waals surface area contributed by atoms with Gasteiger partial charge in [-0.05, 0) is 130 Å². The molecule has 0 atom stereocenters. The van der Waals surface area contributed by atoms with Crippen LogP contribution in [0, 0.1) is 0 Å². The second kappa shape index (κ2) is 26.9. The molecule has 0 unspecified atom stereocenters. The van der Waals surface area contributed by atoms with Crippen LogP contribution in [0.3, 0.4) is 0 Å². The third-order valence-electron chi connectivity index (χ3n) is 14.0. The number of methoxy groups -OCH3 is 4. The molecule has 6 aromatic rings. The predicted octanol–water partition coefficient (Wildman–Crippen LogP) is 7.87. The minimum absolute atomic E-state index is 0.214. The number of fused-ring (bicyclic) bond motifs is 3. The summed E-state index contributed by atoms with van der Waals surface area (Å²) in [5.41, 5.74) is 6.76. The maximum Gasteiger partial charge on any atom is 0.254 e. The number of amides is 6. The lowest BCUT2D eigenvalue weighted by atomic mass is 9.98. The Morgan fingerprint density at radius 2 is 0.769 bits per heavy atom. The fourth-order valence-electron chi connectivity index (χ4n) is 9.71. The fraction of sp³-hybridized carbons (Fsp3) is 0.333. The van der Waals surface area contributed by atoms with Crippen LogP contribution in [-0.4, -0.2) is 149 Å². The molecule has 0 fully saturated rings. The van der Waals surface area contributed by atoms with Crippen molar-refractivity contribution >= 4 is 69.4 Å². The first kappa shape index (κ1) is 57.0. The number of halogens is 2. The summed E-state index contributed by atoms with van der Waals surface area (Å²) in [6.07, 6.45) is 1.11. The second-order valence-electron chi connectivity index (χ2n) is 19.3. The predicted molar refractivity (Wildman–Crippen MR) is 298 cm³/mol. The van der Waals surface area contributed by atoms with Gasteiger partial charge in [0.15, 0.2) is 0 Å². The number of ether oxygens (including phenoxy) is 4. The first-order chi connectivity index (χ1) is 37.8. The molecule has 2 heterocycles. The summed E-state index contributed by atoms with van der Waals surface area (Å²) < 4.78 is 21.2. The Morgan fingerprint density at radius 1 is 0.449 bits per heavy atom. The van der Waals surface area contributed by atoms with Crippen LogP contribution < -0.4 is 10.6 Å². The summed E-state index contributed by atoms with van der Waals surface area (Å²) in [6.45, 7) is 3.83. The largest absolute Gasteiger partial charge is 0.383 e. The molecule has 408 valence electrons. The summed E-state index contributed by atoms with van der Waals surface area (Å²) in [6, 6.07) is 32.4. The zero-order valence-corrected chi connectivity index (χ0v) is 45.8. The third kappa shape index (κ3) is 13.9. The molecule has 0 bridgehead atoms. The average molecular weight is 1100 g/mol. The third-order valence-corrected chi connectivity index (χ3v) is 14.5. The molecule has 0 saturated carbocycles. The number of nitrogens with one attached hydrogen (secondary N) is 2. The number of carbonyl (C=O) groups is 6. The maximum absolute atomic E-state index is 14.3. The van der Waals surface area contributed by atoms with Crippen LogP contribution in [0.25, 0.3) is 10.8 Å². The van der Waals surface area contributed by atoms with E-state index in [1.807, 2.05) is 36.4 Å². The molecule has 0 saturated heterocycles. The number of nitrogens with zero attached hydrogens (tertiary/aromatic N) is 4. The lowest BCUT2D eigenvalue weighted by Crippen LogP contribution is -2.38. The molecule has 2 N–H and O–H groups in total. The van der Waals surface area contributed by atoms with Gasteiger partial charge in [0, 0.05) is 115 Å². The van der Waals surface area contributed by atoms with E-state index in [-0.39, 0.29) is 125 Å². The Morgan fingerprint density at radius 3 is 1.09 bits per heavy atom. The molecule has 0 aliphatic carbocycles. The average Bonchev–Trinajstić information content (AvgIpc) is 4.23. The smallest absolute Gasteiger partial charge is 0.254 e. The zero-order chi connectivity index (χ0) is 55.3. The van der Waals surface area contributed by atoms with Crippen LogP contribution in [0.15, 0.2) is 109 Å². The van der Waals surface area contributed by atoms with E-state index in [2.05, 4.69) is 10.6 Å². The quantitative estimate of drug-likeness (QED) is 0.0607. The van der Waals surface area contributed by atoms with Gasteiger partial charge in [-0.1, -0.05) is 59.6 Å². The monoisotopic (exact) mass is 1100 g/mol. The van der Waals surface area contributed by atoms with Crippen LogP contribution in [0.2, 0.25) is 10.0 Å². The van der Waals surface area contributed by atoms with Crippen LogP contribution in [-0.2, 0) is 58.0 Å². The molecular weight excluding hydrogens is 1040 g/mol. The Balaban J connectivity index is 0.979. The molecule has 6 amide bonds. The van der Waals surface area contributed by atoms with E-state index in [0.29, 0.717) is 47.1 Å². The highest BCUT2D eigenvalue weighted by Gasteiger charge is 2.32. The lowest BCUT2D eigenvalue weighted by Gasteiger charge is -2.23. The first-order valence-electron chi connectivity index (χ1n) is 25.8.